The van der Waals surface area contributed by atoms with Gasteiger partial charge in [-0.15, -0.1) is 22.0 Å². The van der Waals surface area contributed by atoms with E-state index < -0.39 is 0 Å². The van der Waals surface area contributed by atoms with Crippen molar-refractivity contribution in [1.82, 2.24) is 14.8 Å². The molecule has 1 aliphatic rings. The lowest BCUT2D eigenvalue weighted by Gasteiger charge is -2.31. The third-order valence-corrected chi connectivity index (χ3v) is 10.4. The number of benzene rings is 5. The molecule has 1 aliphatic heterocycles. The first-order chi connectivity index (χ1) is 23.0. The number of carbonyl (C=O) groups is 1. The van der Waals surface area contributed by atoms with Crippen molar-refractivity contribution < 1.29 is 14.3 Å². The van der Waals surface area contributed by atoms with Crippen molar-refractivity contribution in [3.05, 3.63) is 120 Å². The van der Waals surface area contributed by atoms with Gasteiger partial charge >= 0.3 is 0 Å². The number of fused-ring (bicyclic) bond motifs is 2. The largest absolute Gasteiger partial charge is 0.496 e. The third kappa shape index (κ3) is 6.46. The molecule has 7 nitrogen and oxygen atoms in total. The Morgan fingerprint density at radius 1 is 0.830 bits per heavy atom. The number of aromatic nitrogens is 3. The molecule has 1 aromatic heterocycles. The summed E-state index contributed by atoms with van der Waals surface area (Å²) in [5.41, 5.74) is 3.22. The normalized spacial score (nSPS) is 11.9. The van der Waals surface area contributed by atoms with Crippen molar-refractivity contribution in [3.63, 3.8) is 0 Å². The van der Waals surface area contributed by atoms with Gasteiger partial charge in [-0.3, -0.25) is 14.3 Å². The molecule has 0 radical (unpaired) electrons. The highest BCUT2D eigenvalue weighted by molar-refractivity contribution is 8.00. The lowest BCUT2D eigenvalue weighted by Crippen LogP contribution is -2.30. The number of amides is 1. The number of hydrogen-bond acceptors (Lipinski definition) is 8. The highest BCUT2D eigenvalue weighted by atomic mass is 35.5. The number of nitrogens with zero attached hydrogens (tertiary/aromatic N) is 4. The predicted octanol–water partition coefficient (Wildman–Crippen LogP) is 10.0. The molecule has 47 heavy (non-hydrogen) atoms. The van der Waals surface area contributed by atoms with Gasteiger partial charge in [0, 0.05) is 19.7 Å². The molecule has 0 atom stereocenters. The molecule has 0 fully saturated rings. The first kappa shape index (κ1) is 31.3. The molecule has 0 bridgehead atoms. The van der Waals surface area contributed by atoms with Gasteiger partial charge in [0.05, 0.1) is 35.5 Å². The van der Waals surface area contributed by atoms with Crippen LogP contribution in [0.15, 0.2) is 135 Å². The lowest BCUT2D eigenvalue weighted by atomic mass is 10.2. The van der Waals surface area contributed by atoms with Crippen LogP contribution in [0.3, 0.4) is 0 Å². The Labute approximate surface area is 290 Å². The lowest BCUT2D eigenvalue weighted by molar-refractivity contribution is -0.115. The first-order valence-electron chi connectivity index (χ1n) is 14.6. The maximum Gasteiger partial charge on any atom is 0.242 e. The van der Waals surface area contributed by atoms with Crippen LogP contribution in [0, 0.1) is 0 Å². The highest BCUT2D eigenvalue weighted by Crippen LogP contribution is 2.49. The Balaban J connectivity index is 1.24. The highest BCUT2D eigenvalue weighted by Gasteiger charge is 2.29. The van der Waals surface area contributed by atoms with E-state index >= 15 is 0 Å². The third-order valence-electron chi connectivity index (χ3n) is 7.42. The molecule has 0 N–H and O–H groups in total. The quantitative estimate of drug-likeness (QED) is 0.139. The summed E-state index contributed by atoms with van der Waals surface area (Å²) in [6.07, 6.45) is 2.04. The Bertz CT molecular complexity index is 2070. The maximum atomic E-state index is 14.2. The summed E-state index contributed by atoms with van der Waals surface area (Å²) in [4.78, 5) is 19.2. The summed E-state index contributed by atoms with van der Waals surface area (Å²) < 4.78 is 13.6. The summed E-state index contributed by atoms with van der Waals surface area (Å²) in [6, 6.07) is 36.9. The monoisotopic (exact) mass is 694 g/mol. The summed E-state index contributed by atoms with van der Waals surface area (Å²) in [5, 5.41) is 10.2. The van der Waals surface area contributed by atoms with E-state index in [0.717, 1.165) is 37.5 Å². The van der Waals surface area contributed by atoms with Crippen molar-refractivity contribution in [3.8, 4) is 34.3 Å². The van der Waals surface area contributed by atoms with E-state index in [1.807, 2.05) is 94.6 Å². The maximum absolute atomic E-state index is 14.2. The zero-order valence-electron chi connectivity index (χ0n) is 25.3. The average molecular weight is 695 g/mol. The molecule has 1 amide bonds. The number of methoxy groups -OCH3 is 1. The van der Waals surface area contributed by atoms with Gasteiger partial charge in [0.1, 0.15) is 17.2 Å². The van der Waals surface area contributed by atoms with Crippen molar-refractivity contribution in [2.24, 2.45) is 0 Å². The topological polar surface area (TPSA) is 69.5 Å². The molecule has 11 heteroatoms. The zero-order valence-corrected chi connectivity index (χ0v) is 28.5. The van der Waals surface area contributed by atoms with E-state index in [1.165, 1.54) is 11.8 Å². The summed E-state index contributed by atoms with van der Waals surface area (Å²) in [7, 11) is 1.60. The van der Waals surface area contributed by atoms with Crippen LogP contribution >= 0.6 is 46.9 Å². The van der Waals surface area contributed by atoms with Crippen molar-refractivity contribution in [1.29, 1.82) is 0 Å². The minimum absolute atomic E-state index is 0.0645. The SMILES string of the molecule is COc1ccc(Cl)cc1-c1nnc(SCC(=O)N2c3ccccc3Sc3ccc(SC)cc32)n1-c1ccc(Oc2ccccc2)cc1. The second-order valence-electron chi connectivity index (χ2n) is 10.3. The van der Waals surface area contributed by atoms with Crippen LogP contribution in [0.1, 0.15) is 0 Å². The van der Waals surface area contributed by atoms with E-state index in [4.69, 9.17) is 21.1 Å². The minimum atomic E-state index is -0.0645. The molecule has 0 saturated heterocycles. The van der Waals surface area contributed by atoms with E-state index in [1.54, 1.807) is 48.8 Å². The second-order valence-corrected chi connectivity index (χ2v) is 13.7. The van der Waals surface area contributed by atoms with Gasteiger partial charge in [-0.2, -0.15) is 0 Å². The standard InChI is InChI=1S/C36H27ClN4O3S3/c1-43-31-18-12-23(37)20-28(31)35-38-39-36(40(35)24-13-15-26(16-14-24)44-25-8-4-3-5-9-25)46-22-34(42)41-29-10-6-7-11-32(29)47-33-19-17-27(45-2)21-30(33)41/h3-21H,22H2,1-2H3. The van der Waals surface area contributed by atoms with Crippen molar-refractivity contribution >= 4 is 64.2 Å². The average Bonchev–Trinajstić information content (AvgIpc) is 3.53. The number of hydrogen-bond donors (Lipinski definition) is 0. The van der Waals surface area contributed by atoms with Gasteiger partial charge in [0.25, 0.3) is 0 Å². The second kappa shape index (κ2) is 13.8. The number of halogens is 1. The van der Waals surface area contributed by atoms with Gasteiger partial charge in [0.15, 0.2) is 11.0 Å². The van der Waals surface area contributed by atoms with Crippen LogP contribution < -0.4 is 14.4 Å². The molecular weight excluding hydrogens is 668 g/mol. The number of carbonyl (C=O) groups excluding carboxylic acids is 1. The van der Waals surface area contributed by atoms with Crippen LogP contribution in [0.5, 0.6) is 17.2 Å². The smallest absolute Gasteiger partial charge is 0.242 e. The van der Waals surface area contributed by atoms with Gasteiger partial charge < -0.3 is 9.47 Å². The molecule has 0 spiro atoms. The van der Waals surface area contributed by atoms with Gasteiger partial charge in [-0.05, 0) is 91.2 Å². The molecule has 7 rings (SSSR count). The summed E-state index contributed by atoms with van der Waals surface area (Å²) >= 11 is 11.1. The number of ether oxygens (including phenoxy) is 2. The van der Waals surface area contributed by atoms with Crippen molar-refractivity contribution in [2.45, 2.75) is 19.8 Å². The fourth-order valence-electron chi connectivity index (χ4n) is 5.23. The van der Waals surface area contributed by atoms with E-state index in [0.29, 0.717) is 33.1 Å². The van der Waals surface area contributed by atoms with Crippen LogP contribution in [0.25, 0.3) is 17.1 Å². The number of thioether (sulfide) groups is 2. The van der Waals surface area contributed by atoms with Crippen LogP contribution in [-0.4, -0.2) is 39.8 Å². The van der Waals surface area contributed by atoms with Gasteiger partial charge in [0.2, 0.25) is 5.91 Å². The summed E-state index contributed by atoms with van der Waals surface area (Å²) in [6.45, 7) is 0. The van der Waals surface area contributed by atoms with E-state index in [-0.39, 0.29) is 11.7 Å². The van der Waals surface area contributed by atoms with Crippen LogP contribution in [0.4, 0.5) is 11.4 Å². The molecular formula is C36H27ClN4O3S3. The fourth-order valence-corrected chi connectivity index (χ4v) is 7.68. The zero-order chi connectivity index (χ0) is 32.3. The Hall–Kier alpha value is -4.35. The molecule has 0 aliphatic carbocycles. The summed E-state index contributed by atoms with van der Waals surface area (Å²) in [5.74, 6) is 2.62. The minimum Gasteiger partial charge on any atom is -0.496 e. The molecule has 234 valence electrons. The molecule has 2 heterocycles. The van der Waals surface area contributed by atoms with Gasteiger partial charge in [-0.25, -0.2) is 0 Å². The Morgan fingerprint density at radius 2 is 1.57 bits per heavy atom. The first-order valence-corrected chi connectivity index (χ1v) is 18.0. The number of anilines is 2. The van der Waals surface area contributed by atoms with Crippen LogP contribution in [0.2, 0.25) is 5.02 Å². The fraction of sp³-hybridized carbons (Fsp3) is 0.0833. The molecule has 6 aromatic rings. The molecule has 0 unspecified atom stereocenters. The van der Waals surface area contributed by atoms with E-state index in [9.17, 15) is 4.79 Å². The van der Waals surface area contributed by atoms with Crippen LogP contribution in [-0.2, 0) is 4.79 Å². The Kier molecular flexibility index (Phi) is 9.17. The Morgan fingerprint density at radius 3 is 2.36 bits per heavy atom. The van der Waals surface area contributed by atoms with Gasteiger partial charge in [-0.1, -0.05) is 65.5 Å². The molecule has 5 aromatic carbocycles. The number of rotatable bonds is 9. The predicted molar refractivity (Wildman–Crippen MR) is 192 cm³/mol. The van der Waals surface area contributed by atoms with Crippen molar-refractivity contribution in [2.75, 3.05) is 24.0 Å². The number of para-hydroxylation sites is 2. The van der Waals surface area contributed by atoms with E-state index in [2.05, 4.69) is 28.4 Å². The molecule has 0 saturated carbocycles.